The van der Waals surface area contributed by atoms with Gasteiger partial charge in [-0.1, -0.05) is 18.5 Å². The first-order valence-corrected chi connectivity index (χ1v) is 6.07. The van der Waals surface area contributed by atoms with Crippen LogP contribution in [-0.2, 0) is 4.79 Å². The van der Waals surface area contributed by atoms with Crippen LogP contribution in [-0.4, -0.2) is 21.8 Å². The van der Waals surface area contributed by atoms with Crippen LogP contribution in [0.25, 0.3) is 0 Å². The average Bonchev–Trinajstić information content (AvgIpc) is 2.26. The molecule has 1 aromatic carbocycles. The summed E-state index contributed by atoms with van der Waals surface area (Å²) in [5.41, 5.74) is -0.0781. The van der Waals surface area contributed by atoms with E-state index in [9.17, 15) is 14.9 Å². The number of nitro groups is 1. The van der Waals surface area contributed by atoms with Gasteiger partial charge in [0.15, 0.2) is 0 Å². The molecular formula is C10H10ClNO4S. The second-order valence-corrected chi connectivity index (χ2v) is 4.89. The van der Waals surface area contributed by atoms with Crippen molar-refractivity contribution < 1.29 is 14.8 Å². The zero-order valence-corrected chi connectivity index (χ0v) is 10.5. The van der Waals surface area contributed by atoms with Crippen LogP contribution in [0.2, 0.25) is 5.02 Å². The molecule has 0 aromatic heterocycles. The molecule has 0 amide bonds. The van der Waals surface area contributed by atoms with Crippen LogP contribution < -0.4 is 0 Å². The van der Waals surface area contributed by atoms with Gasteiger partial charge in [-0.15, -0.1) is 11.8 Å². The number of thioether (sulfide) groups is 1. The zero-order valence-electron chi connectivity index (χ0n) is 8.92. The Morgan fingerprint density at radius 2 is 2.29 bits per heavy atom. The molecule has 1 aromatic rings. The monoisotopic (exact) mass is 275 g/mol. The molecule has 0 aliphatic carbocycles. The van der Waals surface area contributed by atoms with Gasteiger partial charge in [0.2, 0.25) is 0 Å². The molecule has 0 radical (unpaired) electrons. The molecule has 1 atom stereocenters. The molecule has 0 aliphatic heterocycles. The maximum Gasteiger partial charge on any atom is 0.307 e. The van der Waals surface area contributed by atoms with Gasteiger partial charge in [-0.25, -0.2) is 0 Å². The summed E-state index contributed by atoms with van der Waals surface area (Å²) >= 11 is 7.13. The van der Waals surface area contributed by atoms with E-state index < -0.39 is 16.8 Å². The van der Waals surface area contributed by atoms with E-state index >= 15 is 0 Å². The van der Waals surface area contributed by atoms with Gasteiger partial charge in [0, 0.05) is 22.8 Å². The lowest BCUT2D eigenvalue weighted by molar-refractivity contribution is -0.384. The van der Waals surface area contributed by atoms with Gasteiger partial charge in [-0.2, -0.15) is 0 Å². The van der Waals surface area contributed by atoms with E-state index in [0.29, 0.717) is 10.6 Å². The van der Waals surface area contributed by atoms with Gasteiger partial charge in [0.25, 0.3) is 5.69 Å². The van der Waals surface area contributed by atoms with E-state index in [4.69, 9.17) is 16.7 Å². The summed E-state index contributed by atoms with van der Waals surface area (Å²) in [6.45, 7) is 1.59. The highest BCUT2D eigenvalue weighted by Crippen LogP contribution is 2.31. The minimum absolute atomic E-state index is 0.0781. The molecule has 0 saturated carbocycles. The van der Waals surface area contributed by atoms with Crippen molar-refractivity contribution in [2.75, 3.05) is 5.75 Å². The number of benzene rings is 1. The molecular weight excluding hydrogens is 266 g/mol. The third-order valence-electron chi connectivity index (χ3n) is 2.04. The van der Waals surface area contributed by atoms with Crippen LogP contribution >= 0.6 is 23.4 Å². The zero-order chi connectivity index (χ0) is 13.0. The average molecular weight is 276 g/mol. The highest BCUT2D eigenvalue weighted by molar-refractivity contribution is 7.99. The van der Waals surface area contributed by atoms with E-state index in [1.807, 2.05) is 0 Å². The number of hydrogen-bond acceptors (Lipinski definition) is 4. The molecule has 0 spiro atoms. The van der Waals surface area contributed by atoms with Crippen molar-refractivity contribution in [1.29, 1.82) is 0 Å². The van der Waals surface area contributed by atoms with Crippen LogP contribution in [0.15, 0.2) is 23.1 Å². The first-order chi connectivity index (χ1) is 7.91. The second-order valence-electron chi connectivity index (χ2n) is 3.42. The van der Waals surface area contributed by atoms with E-state index in [-0.39, 0.29) is 10.7 Å². The summed E-state index contributed by atoms with van der Waals surface area (Å²) in [6.07, 6.45) is 0. The number of rotatable bonds is 5. The molecule has 17 heavy (non-hydrogen) atoms. The summed E-state index contributed by atoms with van der Waals surface area (Å²) in [6, 6.07) is 4.13. The number of aliphatic carboxylic acids is 1. The smallest absolute Gasteiger partial charge is 0.307 e. The topological polar surface area (TPSA) is 80.4 Å². The molecule has 0 fully saturated rings. The first-order valence-electron chi connectivity index (χ1n) is 4.71. The van der Waals surface area contributed by atoms with Crippen molar-refractivity contribution in [3.05, 3.63) is 33.3 Å². The number of carboxylic acid groups (broad SMARTS) is 1. The molecule has 1 N–H and O–H groups in total. The normalized spacial score (nSPS) is 12.1. The number of nitrogens with zero attached hydrogens (tertiary/aromatic N) is 1. The van der Waals surface area contributed by atoms with Crippen LogP contribution in [0.4, 0.5) is 5.69 Å². The molecule has 5 nitrogen and oxygen atoms in total. The number of hydrogen-bond donors (Lipinski definition) is 1. The van der Waals surface area contributed by atoms with Crippen molar-refractivity contribution in [3.8, 4) is 0 Å². The van der Waals surface area contributed by atoms with Gasteiger partial charge in [0.05, 0.1) is 15.9 Å². The maximum atomic E-state index is 10.6. The highest BCUT2D eigenvalue weighted by Gasteiger charge is 2.14. The van der Waals surface area contributed by atoms with E-state index in [0.717, 1.165) is 0 Å². The Labute approximate surface area is 107 Å². The van der Waals surface area contributed by atoms with Gasteiger partial charge in [-0.3, -0.25) is 14.9 Å². The maximum absolute atomic E-state index is 10.6. The number of halogens is 1. The molecule has 0 aliphatic rings. The highest BCUT2D eigenvalue weighted by atomic mass is 35.5. The van der Waals surface area contributed by atoms with E-state index in [1.54, 1.807) is 6.92 Å². The SMILES string of the molecule is CC(CSc1ccc([N+](=O)[O-])cc1Cl)C(=O)O. The molecule has 0 bridgehead atoms. The second kappa shape index (κ2) is 5.88. The Kier molecular flexibility index (Phi) is 4.77. The summed E-state index contributed by atoms with van der Waals surface area (Å²) in [7, 11) is 0. The third-order valence-corrected chi connectivity index (χ3v) is 3.80. The predicted molar refractivity (Wildman–Crippen MR) is 65.6 cm³/mol. The fourth-order valence-electron chi connectivity index (χ4n) is 1.01. The molecule has 0 heterocycles. The Balaban J connectivity index is 2.73. The Hall–Kier alpha value is -1.27. The van der Waals surface area contributed by atoms with E-state index in [1.165, 1.54) is 30.0 Å². The molecule has 7 heteroatoms. The lowest BCUT2D eigenvalue weighted by Gasteiger charge is -2.06. The van der Waals surface area contributed by atoms with Crippen molar-refractivity contribution in [1.82, 2.24) is 0 Å². The fourth-order valence-corrected chi connectivity index (χ4v) is 2.28. The summed E-state index contributed by atoms with van der Waals surface area (Å²) in [4.78, 5) is 21.2. The number of non-ortho nitro benzene ring substituents is 1. The van der Waals surface area contributed by atoms with Crippen molar-refractivity contribution >= 4 is 35.0 Å². The van der Waals surface area contributed by atoms with Gasteiger partial charge in [-0.05, 0) is 6.07 Å². The molecule has 92 valence electrons. The fraction of sp³-hybridized carbons (Fsp3) is 0.300. The standard InChI is InChI=1S/C10H10ClNO4S/c1-6(10(13)14)5-17-9-3-2-7(12(15)16)4-8(9)11/h2-4,6H,5H2,1H3,(H,13,14). The summed E-state index contributed by atoms with van der Waals surface area (Å²) in [5.74, 6) is -1.01. The Morgan fingerprint density at radius 3 is 2.76 bits per heavy atom. The lowest BCUT2D eigenvalue weighted by Crippen LogP contribution is -2.11. The van der Waals surface area contributed by atoms with Gasteiger partial charge in [0.1, 0.15) is 0 Å². The van der Waals surface area contributed by atoms with Crippen LogP contribution in [0.1, 0.15) is 6.92 Å². The van der Waals surface area contributed by atoms with Crippen LogP contribution in [0, 0.1) is 16.0 Å². The Morgan fingerprint density at radius 1 is 1.65 bits per heavy atom. The first kappa shape index (κ1) is 13.8. The number of nitro benzene ring substituents is 1. The minimum atomic E-state index is -0.879. The minimum Gasteiger partial charge on any atom is -0.481 e. The lowest BCUT2D eigenvalue weighted by atomic mass is 10.2. The molecule has 1 rings (SSSR count). The molecule has 0 saturated heterocycles. The largest absolute Gasteiger partial charge is 0.481 e. The van der Waals surface area contributed by atoms with Gasteiger partial charge >= 0.3 is 5.97 Å². The number of carbonyl (C=O) groups is 1. The summed E-state index contributed by atoms with van der Waals surface area (Å²) < 4.78 is 0. The van der Waals surface area contributed by atoms with Gasteiger partial charge < -0.3 is 5.11 Å². The van der Waals surface area contributed by atoms with Crippen molar-refractivity contribution in [3.63, 3.8) is 0 Å². The molecule has 1 unspecified atom stereocenters. The van der Waals surface area contributed by atoms with Crippen molar-refractivity contribution in [2.24, 2.45) is 5.92 Å². The van der Waals surface area contributed by atoms with Crippen LogP contribution in [0.5, 0.6) is 0 Å². The number of carboxylic acids is 1. The van der Waals surface area contributed by atoms with E-state index in [2.05, 4.69) is 0 Å². The Bertz CT molecular complexity index is 452. The predicted octanol–water partition coefficient (Wildman–Crippen LogP) is 3.06. The van der Waals surface area contributed by atoms with Crippen molar-refractivity contribution in [2.45, 2.75) is 11.8 Å². The van der Waals surface area contributed by atoms with Crippen LogP contribution in [0.3, 0.4) is 0 Å². The summed E-state index contributed by atoms with van der Waals surface area (Å²) in [5, 5.41) is 19.5. The quantitative estimate of drug-likeness (QED) is 0.507. The third kappa shape index (κ3) is 3.90.